The molecule has 0 saturated heterocycles. The molecule has 2 aromatic rings. The van der Waals surface area contributed by atoms with E-state index in [0.29, 0.717) is 10.7 Å². The summed E-state index contributed by atoms with van der Waals surface area (Å²) in [5.74, 6) is -1.18. The molecule has 7 nitrogen and oxygen atoms in total. The summed E-state index contributed by atoms with van der Waals surface area (Å²) in [6, 6.07) is 11.4. The van der Waals surface area contributed by atoms with Crippen LogP contribution in [0.3, 0.4) is 0 Å². The van der Waals surface area contributed by atoms with Crippen LogP contribution in [0.2, 0.25) is 5.02 Å². The molecule has 28 heavy (non-hydrogen) atoms. The van der Waals surface area contributed by atoms with E-state index < -0.39 is 27.9 Å². The molecule has 1 unspecified atom stereocenters. The molecule has 1 atom stereocenters. The maximum Gasteiger partial charge on any atom is 0.340 e. The number of amides is 1. The summed E-state index contributed by atoms with van der Waals surface area (Å²) in [6.45, 7) is 3.32. The number of nitrogens with one attached hydrogen (secondary N) is 1. The zero-order chi connectivity index (χ0) is 20.9. The summed E-state index contributed by atoms with van der Waals surface area (Å²) in [5, 5.41) is 3.05. The number of hydrogen-bond donors (Lipinski definition) is 1. The van der Waals surface area contributed by atoms with E-state index >= 15 is 0 Å². The average Bonchev–Trinajstić information content (AvgIpc) is 2.63. The van der Waals surface area contributed by atoms with Crippen molar-refractivity contribution in [2.75, 3.05) is 22.5 Å². The first kappa shape index (κ1) is 21.7. The Bertz CT molecular complexity index is 961. The number of hydrogen-bond acceptors (Lipinski definition) is 5. The predicted octanol–water partition coefficient (Wildman–Crippen LogP) is 3.31. The standard InChI is InChI=1S/C19H21ClN2O5S/c1-4-27-19(24)16-7-5-6-8-17(16)21-18(23)13(2)22(28(3,25)26)15-11-9-14(20)10-12-15/h5-13H,4H2,1-3H3,(H,21,23). The van der Waals surface area contributed by atoms with Crippen molar-refractivity contribution in [2.24, 2.45) is 0 Å². The number of esters is 1. The molecule has 0 spiro atoms. The van der Waals surface area contributed by atoms with Gasteiger partial charge in [0.1, 0.15) is 6.04 Å². The lowest BCUT2D eigenvalue weighted by Gasteiger charge is -2.28. The number of benzene rings is 2. The van der Waals surface area contributed by atoms with Gasteiger partial charge in [-0.3, -0.25) is 9.10 Å². The van der Waals surface area contributed by atoms with Gasteiger partial charge >= 0.3 is 5.97 Å². The van der Waals surface area contributed by atoms with Gasteiger partial charge in [-0.2, -0.15) is 0 Å². The van der Waals surface area contributed by atoms with Crippen molar-refractivity contribution in [1.29, 1.82) is 0 Å². The van der Waals surface area contributed by atoms with Gasteiger partial charge in [0.25, 0.3) is 0 Å². The molecule has 0 heterocycles. The fourth-order valence-corrected chi connectivity index (χ4v) is 3.91. The maximum atomic E-state index is 12.8. The molecule has 0 bridgehead atoms. The van der Waals surface area contributed by atoms with Crippen molar-refractivity contribution in [3.8, 4) is 0 Å². The van der Waals surface area contributed by atoms with Crippen molar-refractivity contribution in [1.82, 2.24) is 0 Å². The third-order valence-electron chi connectivity index (χ3n) is 3.85. The molecule has 150 valence electrons. The first-order valence-corrected chi connectivity index (χ1v) is 10.7. The smallest absolute Gasteiger partial charge is 0.340 e. The molecule has 0 aliphatic heterocycles. The molecule has 0 aliphatic rings. The van der Waals surface area contributed by atoms with E-state index in [1.807, 2.05) is 0 Å². The summed E-state index contributed by atoms with van der Waals surface area (Å²) in [5.41, 5.74) is 0.720. The van der Waals surface area contributed by atoms with Gasteiger partial charge in [-0.1, -0.05) is 23.7 Å². The fourth-order valence-electron chi connectivity index (χ4n) is 2.61. The molecule has 2 rings (SSSR count). The van der Waals surface area contributed by atoms with Gasteiger partial charge in [0.2, 0.25) is 15.9 Å². The van der Waals surface area contributed by atoms with E-state index in [1.54, 1.807) is 25.1 Å². The van der Waals surface area contributed by atoms with Crippen LogP contribution in [0.15, 0.2) is 48.5 Å². The Hall–Kier alpha value is -2.58. The number of nitrogens with zero attached hydrogens (tertiary/aromatic N) is 1. The van der Waals surface area contributed by atoms with Crippen LogP contribution in [0, 0.1) is 0 Å². The van der Waals surface area contributed by atoms with Gasteiger partial charge in [-0.25, -0.2) is 13.2 Å². The highest BCUT2D eigenvalue weighted by molar-refractivity contribution is 7.92. The number of anilines is 2. The number of sulfonamides is 1. The van der Waals surface area contributed by atoms with E-state index in [1.165, 1.54) is 37.3 Å². The van der Waals surface area contributed by atoms with Crippen LogP contribution in [0.5, 0.6) is 0 Å². The van der Waals surface area contributed by atoms with Gasteiger partial charge in [-0.05, 0) is 50.2 Å². The number of para-hydroxylation sites is 1. The first-order chi connectivity index (χ1) is 13.1. The molecular weight excluding hydrogens is 404 g/mol. The van der Waals surface area contributed by atoms with Gasteiger partial charge in [-0.15, -0.1) is 0 Å². The molecule has 0 radical (unpaired) electrons. The van der Waals surface area contributed by atoms with Crippen LogP contribution in [0.1, 0.15) is 24.2 Å². The van der Waals surface area contributed by atoms with E-state index in [2.05, 4.69) is 5.32 Å². The Morgan fingerprint density at radius 1 is 1.14 bits per heavy atom. The molecule has 2 aromatic carbocycles. The van der Waals surface area contributed by atoms with Crippen LogP contribution >= 0.6 is 11.6 Å². The minimum atomic E-state index is -3.76. The Balaban J connectivity index is 2.32. The van der Waals surface area contributed by atoms with E-state index in [-0.39, 0.29) is 17.9 Å². The monoisotopic (exact) mass is 424 g/mol. The third-order valence-corrected chi connectivity index (χ3v) is 5.34. The first-order valence-electron chi connectivity index (χ1n) is 8.47. The van der Waals surface area contributed by atoms with Crippen molar-refractivity contribution >= 4 is 44.9 Å². The average molecular weight is 425 g/mol. The third kappa shape index (κ3) is 5.24. The Morgan fingerprint density at radius 3 is 2.32 bits per heavy atom. The quantitative estimate of drug-likeness (QED) is 0.688. The second-order valence-corrected chi connectivity index (χ2v) is 8.26. The Morgan fingerprint density at radius 2 is 1.75 bits per heavy atom. The second kappa shape index (κ2) is 9.07. The lowest BCUT2D eigenvalue weighted by molar-refractivity contribution is -0.116. The normalized spacial score (nSPS) is 12.1. The lowest BCUT2D eigenvalue weighted by atomic mass is 10.1. The SMILES string of the molecule is CCOC(=O)c1ccccc1NC(=O)C(C)N(c1ccc(Cl)cc1)S(C)(=O)=O. The Labute approximate surface area is 169 Å². The number of ether oxygens (including phenoxy) is 1. The fraction of sp³-hybridized carbons (Fsp3) is 0.263. The predicted molar refractivity (Wildman–Crippen MR) is 109 cm³/mol. The van der Waals surface area contributed by atoms with Crippen LogP contribution in [0.4, 0.5) is 11.4 Å². The highest BCUT2D eigenvalue weighted by Gasteiger charge is 2.29. The number of carbonyl (C=O) groups excluding carboxylic acids is 2. The highest BCUT2D eigenvalue weighted by Crippen LogP contribution is 2.24. The number of rotatable bonds is 7. The molecule has 9 heteroatoms. The molecule has 0 fully saturated rings. The van der Waals surface area contributed by atoms with Crippen molar-refractivity contribution in [2.45, 2.75) is 19.9 Å². The summed E-state index contributed by atoms with van der Waals surface area (Å²) < 4.78 is 30.6. The van der Waals surface area contributed by atoms with Crippen LogP contribution < -0.4 is 9.62 Å². The molecular formula is C19H21ClN2O5S. The minimum absolute atomic E-state index is 0.183. The van der Waals surface area contributed by atoms with Crippen LogP contribution in [-0.4, -0.2) is 39.2 Å². The summed E-state index contributed by atoms with van der Waals surface area (Å²) in [6.07, 6.45) is 1.01. The second-order valence-electron chi connectivity index (χ2n) is 5.97. The maximum absolute atomic E-state index is 12.8. The van der Waals surface area contributed by atoms with Crippen molar-refractivity contribution < 1.29 is 22.7 Å². The van der Waals surface area contributed by atoms with E-state index in [4.69, 9.17) is 16.3 Å². The summed E-state index contributed by atoms with van der Waals surface area (Å²) in [7, 11) is -3.76. The van der Waals surface area contributed by atoms with E-state index in [9.17, 15) is 18.0 Å². The number of halogens is 1. The summed E-state index contributed by atoms with van der Waals surface area (Å²) in [4.78, 5) is 24.8. The van der Waals surface area contributed by atoms with Gasteiger partial charge in [0.15, 0.2) is 0 Å². The molecule has 0 aliphatic carbocycles. The van der Waals surface area contributed by atoms with Crippen molar-refractivity contribution in [3.05, 3.63) is 59.1 Å². The lowest BCUT2D eigenvalue weighted by Crippen LogP contribution is -2.45. The Kier molecular flexibility index (Phi) is 7.04. The van der Waals surface area contributed by atoms with E-state index in [0.717, 1.165) is 10.6 Å². The topological polar surface area (TPSA) is 92.8 Å². The zero-order valence-electron chi connectivity index (χ0n) is 15.7. The van der Waals surface area contributed by atoms with Gasteiger partial charge < -0.3 is 10.1 Å². The molecule has 1 amide bonds. The largest absolute Gasteiger partial charge is 0.462 e. The molecule has 0 aromatic heterocycles. The minimum Gasteiger partial charge on any atom is -0.462 e. The van der Waals surface area contributed by atoms with Gasteiger partial charge in [0.05, 0.1) is 29.8 Å². The highest BCUT2D eigenvalue weighted by atomic mass is 35.5. The zero-order valence-corrected chi connectivity index (χ0v) is 17.3. The molecule has 0 saturated carbocycles. The molecule has 1 N–H and O–H groups in total. The number of carbonyl (C=O) groups is 2. The van der Waals surface area contributed by atoms with Gasteiger partial charge in [0, 0.05) is 5.02 Å². The van der Waals surface area contributed by atoms with Crippen molar-refractivity contribution in [3.63, 3.8) is 0 Å². The summed E-state index contributed by atoms with van der Waals surface area (Å²) >= 11 is 5.86. The van der Waals surface area contributed by atoms with Crippen LogP contribution in [-0.2, 0) is 19.6 Å². The van der Waals surface area contributed by atoms with Crippen LogP contribution in [0.25, 0.3) is 0 Å².